The number of piperidine rings is 1. The van der Waals surface area contributed by atoms with Crippen LogP contribution in [0, 0.1) is 5.92 Å². The summed E-state index contributed by atoms with van der Waals surface area (Å²) in [5, 5.41) is 3.39. The van der Waals surface area contributed by atoms with Crippen LogP contribution in [0.3, 0.4) is 0 Å². The molecule has 4 heteroatoms. The molecule has 2 heterocycles. The summed E-state index contributed by atoms with van der Waals surface area (Å²) in [6.45, 7) is 3.79. The molecule has 1 fully saturated rings. The quantitative estimate of drug-likeness (QED) is 0.763. The monoisotopic (exact) mass is 235 g/mol. The molecule has 0 atom stereocenters. The van der Waals surface area contributed by atoms with E-state index in [0.29, 0.717) is 6.61 Å². The van der Waals surface area contributed by atoms with Gasteiger partial charge < -0.3 is 10.1 Å². The van der Waals surface area contributed by atoms with Crippen LogP contribution < -0.4 is 5.32 Å². The van der Waals surface area contributed by atoms with Crippen molar-refractivity contribution in [3.8, 4) is 0 Å². The molecule has 1 aliphatic heterocycles. The minimum Gasteiger partial charge on any atom is -0.375 e. The molecule has 0 aliphatic carbocycles. The zero-order valence-electron chi connectivity index (χ0n) is 10.3. The van der Waals surface area contributed by atoms with Crippen molar-refractivity contribution in [1.29, 1.82) is 0 Å². The normalized spacial score (nSPS) is 17.2. The number of rotatable bonds is 6. The topological polar surface area (TPSA) is 47.0 Å². The molecule has 17 heavy (non-hydrogen) atoms. The Morgan fingerprint density at radius 2 is 2.18 bits per heavy atom. The van der Waals surface area contributed by atoms with Crippen LogP contribution in [-0.2, 0) is 11.3 Å². The summed E-state index contributed by atoms with van der Waals surface area (Å²) in [5.74, 6) is 0.899. The van der Waals surface area contributed by atoms with Crippen molar-refractivity contribution < 1.29 is 4.74 Å². The Hall–Kier alpha value is -1.00. The highest BCUT2D eigenvalue weighted by atomic mass is 16.5. The number of aromatic nitrogens is 2. The molecular formula is C13H21N3O. The molecule has 0 radical (unpaired) electrons. The van der Waals surface area contributed by atoms with E-state index in [2.05, 4.69) is 15.3 Å². The van der Waals surface area contributed by atoms with E-state index in [1.807, 2.05) is 0 Å². The summed E-state index contributed by atoms with van der Waals surface area (Å²) >= 11 is 0. The fourth-order valence-electron chi connectivity index (χ4n) is 2.23. The van der Waals surface area contributed by atoms with Gasteiger partial charge in [-0.15, -0.1) is 0 Å². The third-order valence-corrected chi connectivity index (χ3v) is 3.23. The molecule has 1 saturated heterocycles. The van der Waals surface area contributed by atoms with Gasteiger partial charge in [-0.1, -0.05) is 0 Å². The highest BCUT2D eigenvalue weighted by Crippen LogP contribution is 2.17. The number of ether oxygens (including phenoxy) is 1. The molecular weight excluding hydrogens is 214 g/mol. The largest absolute Gasteiger partial charge is 0.375 e. The maximum atomic E-state index is 5.59. The first-order valence-electron chi connectivity index (χ1n) is 6.48. The third kappa shape index (κ3) is 4.79. The van der Waals surface area contributed by atoms with E-state index in [9.17, 15) is 0 Å². The molecule has 0 amide bonds. The van der Waals surface area contributed by atoms with Crippen LogP contribution in [0.25, 0.3) is 0 Å². The van der Waals surface area contributed by atoms with Crippen molar-refractivity contribution in [3.05, 3.63) is 24.3 Å². The zero-order chi connectivity index (χ0) is 11.8. The van der Waals surface area contributed by atoms with Crippen LogP contribution in [0.15, 0.2) is 18.6 Å². The van der Waals surface area contributed by atoms with Crippen molar-refractivity contribution in [2.45, 2.75) is 32.3 Å². The van der Waals surface area contributed by atoms with E-state index in [0.717, 1.165) is 24.6 Å². The maximum absolute atomic E-state index is 5.59. The summed E-state index contributed by atoms with van der Waals surface area (Å²) in [7, 11) is 0. The lowest BCUT2D eigenvalue weighted by molar-refractivity contribution is 0.109. The Morgan fingerprint density at radius 3 is 2.94 bits per heavy atom. The van der Waals surface area contributed by atoms with Gasteiger partial charge in [0.05, 0.1) is 18.5 Å². The first-order chi connectivity index (χ1) is 8.45. The summed E-state index contributed by atoms with van der Waals surface area (Å²) in [4.78, 5) is 8.18. The van der Waals surface area contributed by atoms with Crippen molar-refractivity contribution in [2.75, 3.05) is 19.7 Å². The number of nitrogens with zero attached hydrogens (tertiary/aromatic N) is 2. The van der Waals surface area contributed by atoms with Crippen LogP contribution in [-0.4, -0.2) is 29.7 Å². The van der Waals surface area contributed by atoms with E-state index in [1.165, 1.54) is 32.4 Å². The Bertz CT molecular complexity index is 299. The average molecular weight is 235 g/mol. The summed E-state index contributed by atoms with van der Waals surface area (Å²) < 4.78 is 5.59. The average Bonchev–Trinajstić information content (AvgIpc) is 2.41. The molecule has 1 aromatic rings. The first-order valence-corrected chi connectivity index (χ1v) is 6.48. The minimum absolute atomic E-state index is 0.583. The van der Waals surface area contributed by atoms with Gasteiger partial charge in [-0.2, -0.15) is 0 Å². The van der Waals surface area contributed by atoms with Gasteiger partial charge in [0.25, 0.3) is 0 Å². The van der Waals surface area contributed by atoms with Gasteiger partial charge in [-0.05, 0) is 44.7 Å². The molecule has 1 N–H and O–H groups in total. The summed E-state index contributed by atoms with van der Waals surface area (Å²) in [6, 6.07) is 0. The van der Waals surface area contributed by atoms with Gasteiger partial charge >= 0.3 is 0 Å². The van der Waals surface area contributed by atoms with Crippen molar-refractivity contribution in [3.63, 3.8) is 0 Å². The lowest BCUT2D eigenvalue weighted by Gasteiger charge is -2.22. The Morgan fingerprint density at radius 1 is 1.29 bits per heavy atom. The second-order valence-corrected chi connectivity index (χ2v) is 4.58. The Labute approximate surface area is 103 Å². The minimum atomic E-state index is 0.583. The standard InChI is InChI=1S/C13H21N3O/c1(2-12-3-5-14-6-4-12)9-17-11-13-10-15-7-8-16-13/h7-8,10,12,14H,1-6,9,11H2. The number of hydrogen-bond donors (Lipinski definition) is 1. The molecule has 0 saturated carbocycles. The van der Waals surface area contributed by atoms with E-state index in [4.69, 9.17) is 4.74 Å². The van der Waals surface area contributed by atoms with Gasteiger partial charge in [0.15, 0.2) is 0 Å². The van der Waals surface area contributed by atoms with E-state index >= 15 is 0 Å². The third-order valence-electron chi connectivity index (χ3n) is 3.23. The smallest absolute Gasteiger partial charge is 0.0903 e. The van der Waals surface area contributed by atoms with Gasteiger partial charge in [-0.25, -0.2) is 0 Å². The highest BCUT2D eigenvalue weighted by molar-refractivity contribution is 4.91. The molecule has 0 spiro atoms. The Kier molecular flexibility index (Phi) is 5.39. The van der Waals surface area contributed by atoms with Crippen LogP contribution in [0.1, 0.15) is 31.4 Å². The SMILES string of the molecule is c1cnc(COCCCC2CCNCC2)cn1. The second-order valence-electron chi connectivity index (χ2n) is 4.58. The van der Waals surface area contributed by atoms with Crippen LogP contribution >= 0.6 is 0 Å². The molecule has 4 nitrogen and oxygen atoms in total. The zero-order valence-corrected chi connectivity index (χ0v) is 10.3. The molecule has 0 aromatic carbocycles. The fourth-order valence-corrected chi connectivity index (χ4v) is 2.23. The highest BCUT2D eigenvalue weighted by Gasteiger charge is 2.11. The van der Waals surface area contributed by atoms with E-state index in [1.54, 1.807) is 18.6 Å². The van der Waals surface area contributed by atoms with Crippen molar-refractivity contribution in [2.24, 2.45) is 5.92 Å². The molecule has 1 aromatic heterocycles. The van der Waals surface area contributed by atoms with Crippen molar-refractivity contribution >= 4 is 0 Å². The number of nitrogens with one attached hydrogen (secondary N) is 1. The summed E-state index contributed by atoms with van der Waals surface area (Å²) in [6.07, 6.45) is 10.2. The van der Waals surface area contributed by atoms with Gasteiger partial charge in [0, 0.05) is 19.0 Å². The molecule has 1 aliphatic rings. The molecule has 2 rings (SSSR count). The Balaban J connectivity index is 1.51. The van der Waals surface area contributed by atoms with Crippen LogP contribution in [0.2, 0.25) is 0 Å². The van der Waals surface area contributed by atoms with E-state index < -0.39 is 0 Å². The van der Waals surface area contributed by atoms with E-state index in [-0.39, 0.29) is 0 Å². The van der Waals surface area contributed by atoms with Crippen LogP contribution in [0.4, 0.5) is 0 Å². The van der Waals surface area contributed by atoms with Gasteiger partial charge in [-0.3, -0.25) is 9.97 Å². The van der Waals surface area contributed by atoms with Gasteiger partial charge in [0.2, 0.25) is 0 Å². The van der Waals surface area contributed by atoms with Crippen molar-refractivity contribution in [1.82, 2.24) is 15.3 Å². The maximum Gasteiger partial charge on any atom is 0.0903 e. The second kappa shape index (κ2) is 7.35. The molecule has 94 valence electrons. The lowest BCUT2D eigenvalue weighted by atomic mass is 9.93. The lowest BCUT2D eigenvalue weighted by Crippen LogP contribution is -2.27. The predicted octanol–water partition coefficient (Wildman–Crippen LogP) is 1.77. The predicted molar refractivity (Wildman–Crippen MR) is 66.5 cm³/mol. The van der Waals surface area contributed by atoms with Gasteiger partial charge in [0.1, 0.15) is 0 Å². The number of hydrogen-bond acceptors (Lipinski definition) is 4. The first kappa shape index (κ1) is 12.5. The molecule has 0 bridgehead atoms. The summed E-state index contributed by atoms with van der Waals surface area (Å²) in [5.41, 5.74) is 0.911. The molecule has 0 unspecified atom stereocenters. The fraction of sp³-hybridized carbons (Fsp3) is 0.692. The van der Waals surface area contributed by atoms with Crippen LogP contribution in [0.5, 0.6) is 0 Å².